The maximum absolute atomic E-state index is 9.31. The Morgan fingerprint density at radius 1 is 1.60 bits per heavy atom. The first-order valence-electron chi connectivity index (χ1n) is 4.74. The van der Waals surface area contributed by atoms with Crippen molar-refractivity contribution in [2.75, 3.05) is 6.61 Å². The molecule has 4 nitrogen and oxygen atoms in total. The Morgan fingerprint density at radius 2 is 2.27 bits per heavy atom. The van der Waals surface area contributed by atoms with Gasteiger partial charge in [0, 0.05) is 6.04 Å². The van der Waals surface area contributed by atoms with Crippen molar-refractivity contribution in [3.63, 3.8) is 0 Å². The molecule has 1 rings (SSSR count). The minimum Gasteiger partial charge on any atom is -0.395 e. The van der Waals surface area contributed by atoms with Crippen molar-refractivity contribution >= 4 is 23.1 Å². The topological polar surface area (TPSA) is 72.0 Å². The molecule has 1 aromatic heterocycles. The number of hydrogen-bond acceptors (Lipinski definition) is 6. The van der Waals surface area contributed by atoms with E-state index in [1.54, 1.807) is 5.51 Å². The van der Waals surface area contributed by atoms with Crippen molar-refractivity contribution in [3.8, 4) is 0 Å². The van der Waals surface area contributed by atoms with Crippen molar-refractivity contribution in [3.05, 3.63) is 5.51 Å². The molecule has 6 heteroatoms. The van der Waals surface area contributed by atoms with Gasteiger partial charge < -0.3 is 10.8 Å². The molecule has 0 bridgehead atoms. The minimum absolute atomic E-state index is 0.0227. The molecule has 0 amide bonds. The number of aliphatic hydroxyl groups is 1. The van der Waals surface area contributed by atoms with Crippen LogP contribution in [0.25, 0.3) is 0 Å². The molecule has 2 unspecified atom stereocenters. The fourth-order valence-corrected chi connectivity index (χ4v) is 3.11. The third kappa shape index (κ3) is 3.71. The normalized spacial score (nSPS) is 16.3. The van der Waals surface area contributed by atoms with Crippen LogP contribution in [0.2, 0.25) is 0 Å². The lowest BCUT2D eigenvalue weighted by Crippen LogP contribution is -2.45. The first-order valence-corrected chi connectivity index (χ1v) is 6.50. The second-order valence-corrected chi connectivity index (χ2v) is 6.75. The molecule has 0 fully saturated rings. The van der Waals surface area contributed by atoms with Gasteiger partial charge in [0.15, 0.2) is 4.34 Å². The van der Waals surface area contributed by atoms with Gasteiger partial charge in [-0.2, -0.15) is 0 Å². The fraction of sp³-hybridized carbons (Fsp3) is 0.778. The highest BCUT2D eigenvalue weighted by atomic mass is 32.2. The van der Waals surface area contributed by atoms with Crippen LogP contribution in [-0.2, 0) is 0 Å². The van der Waals surface area contributed by atoms with Crippen molar-refractivity contribution in [1.29, 1.82) is 0 Å². The van der Waals surface area contributed by atoms with Crippen molar-refractivity contribution < 1.29 is 5.11 Å². The van der Waals surface area contributed by atoms with E-state index in [4.69, 9.17) is 5.73 Å². The van der Waals surface area contributed by atoms with Gasteiger partial charge in [0.25, 0.3) is 0 Å². The highest BCUT2D eigenvalue weighted by molar-refractivity contribution is 8.01. The molecule has 3 N–H and O–H groups in total. The summed E-state index contributed by atoms with van der Waals surface area (Å²) in [7, 11) is 0. The summed E-state index contributed by atoms with van der Waals surface area (Å²) in [5, 5.41) is 17.0. The molecule has 1 aromatic rings. The first kappa shape index (κ1) is 12.9. The summed E-state index contributed by atoms with van der Waals surface area (Å²) in [5.41, 5.74) is 7.75. The van der Waals surface area contributed by atoms with Gasteiger partial charge in [0.2, 0.25) is 0 Å². The Kier molecular flexibility index (Phi) is 4.51. The second kappa shape index (κ2) is 5.25. The predicted molar refractivity (Wildman–Crippen MR) is 64.1 cm³/mol. The van der Waals surface area contributed by atoms with Gasteiger partial charge in [-0.1, -0.05) is 43.9 Å². The minimum atomic E-state index is -0.0728. The Morgan fingerprint density at radius 3 is 2.67 bits per heavy atom. The summed E-state index contributed by atoms with van der Waals surface area (Å²) >= 11 is 2.97. The van der Waals surface area contributed by atoms with Gasteiger partial charge in [-0.3, -0.25) is 0 Å². The van der Waals surface area contributed by atoms with E-state index < -0.39 is 0 Å². The molecule has 15 heavy (non-hydrogen) atoms. The van der Waals surface area contributed by atoms with Crippen LogP contribution in [0.4, 0.5) is 0 Å². The zero-order valence-corrected chi connectivity index (χ0v) is 10.8. The van der Waals surface area contributed by atoms with Crippen LogP contribution in [0.5, 0.6) is 0 Å². The molecular weight excluding hydrogens is 230 g/mol. The molecular formula is C9H17N3OS2. The highest BCUT2D eigenvalue weighted by Crippen LogP contribution is 2.31. The summed E-state index contributed by atoms with van der Waals surface area (Å²) in [5.74, 6) is 0. The Hall–Kier alpha value is -0.170. The van der Waals surface area contributed by atoms with Gasteiger partial charge in [-0.15, -0.1) is 10.2 Å². The largest absolute Gasteiger partial charge is 0.395 e. The van der Waals surface area contributed by atoms with E-state index >= 15 is 0 Å². The quantitative estimate of drug-likeness (QED) is 0.786. The Bertz CT molecular complexity index is 284. The molecule has 0 aromatic carbocycles. The van der Waals surface area contributed by atoms with Crippen LogP contribution < -0.4 is 5.73 Å². The lowest BCUT2D eigenvalue weighted by molar-refractivity contribution is 0.233. The first-order chi connectivity index (χ1) is 6.95. The monoisotopic (exact) mass is 247 g/mol. The van der Waals surface area contributed by atoms with Crippen LogP contribution >= 0.6 is 23.1 Å². The molecule has 0 saturated carbocycles. The molecule has 0 aliphatic heterocycles. The number of thioether (sulfide) groups is 1. The van der Waals surface area contributed by atoms with Crippen molar-refractivity contribution in [2.45, 2.75) is 36.4 Å². The summed E-state index contributed by atoms with van der Waals surface area (Å²) in [6, 6.07) is -0.0728. The van der Waals surface area contributed by atoms with Gasteiger partial charge in [-0.05, 0) is 5.41 Å². The van der Waals surface area contributed by atoms with E-state index in [-0.39, 0.29) is 23.3 Å². The van der Waals surface area contributed by atoms with Gasteiger partial charge >= 0.3 is 0 Å². The average molecular weight is 247 g/mol. The number of nitrogens with two attached hydrogens (primary N) is 1. The lowest BCUT2D eigenvalue weighted by atomic mass is 9.85. The molecule has 0 radical (unpaired) electrons. The second-order valence-electron chi connectivity index (χ2n) is 4.44. The van der Waals surface area contributed by atoms with Crippen LogP contribution in [0, 0.1) is 5.41 Å². The Labute approximate surface area is 98.3 Å². The smallest absolute Gasteiger partial charge is 0.174 e. The number of hydrogen-bond donors (Lipinski definition) is 2. The van der Waals surface area contributed by atoms with E-state index in [9.17, 15) is 5.11 Å². The zero-order chi connectivity index (χ0) is 11.5. The number of aromatic nitrogens is 2. The highest BCUT2D eigenvalue weighted by Gasteiger charge is 2.29. The summed E-state index contributed by atoms with van der Waals surface area (Å²) in [4.78, 5) is 0. The predicted octanol–water partition coefficient (Wildman–Crippen LogP) is 1.36. The van der Waals surface area contributed by atoms with Gasteiger partial charge in [-0.25, -0.2) is 0 Å². The fourth-order valence-electron chi connectivity index (χ4n) is 1.13. The van der Waals surface area contributed by atoms with E-state index in [0.29, 0.717) is 0 Å². The molecule has 1 heterocycles. The lowest BCUT2D eigenvalue weighted by Gasteiger charge is -2.32. The van der Waals surface area contributed by atoms with Gasteiger partial charge in [0.05, 0.1) is 11.9 Å². The molecule has 2 atom stereocenters. The van der Waals surface area contributed by atoms with Crippen LogP contribution in [0.15, 0.2) is 9.85 Å². The zero-order valence-electron chi connectivity index (χ0n) is 9.17. The number of rotatable bonds is 4. The average Bonchev–Trinajstić information content (AvgIpc) is 2.64. The summed E-state index contributed by atoms with van der Waals surface area (Å²) < 4.78 is 0.855. The van der Waals surface area contributed by atoms with Crippen molar-refractivity contribution in [2.24, 2.45) is 11.1 Å². The van der Waals surface area contributed by atoms with E-state index in [1.807, 2.05) is 0 Å². The number of aliphatic hydroxyl groups excluding tert-OH is 1. The molecule has 0 aliphatic carbocycles. The molecule has 0 saturated heterocycles. The maximum atomic E-state index is 9.31. The van der Waals surface area contributed by atoms with E-state index in [0.717, 1.165) is 4.34 Å². The van der Waals surface area contributed by atoms with Crippen LogP contribution in [-0.4, -0.2) is 33.2 Å². The Balaban J connectivity index is 2.64. The SMILES string of the molecule is CC(C)(C)C(N)C(CO)Sc1nncs1. The van der Waals surface area contributed by atoms with E-state index in [1.165, 1.54) is 23.1 Å². The van der Waals surface area contributed by atoms with E-state index in [2.05, 4.69) is 31.0 Å². The number of nitrogens with zero attached hydrogens (tertiary/aromatic N) is 2. The standard InChI is InChI=1S/C9H17N3OS2/c1-9(2,3)7(10)6(4-13)15-8-12-11-5-14-8/h5-7,13H,4,10H2,1-3H3. The maximum Gasteiger partial charge on any atom is 0.174 e. The summed E-state index contributed by atoms with van der Waals surface area (Å²) in [6.45, 7) is 6.27. The third-order valence-corrected chi connectivity index (χ3v) is 4.26. The third-order valence-electron chi connectivity index (χ3n) is 2.17. The molecule has 86 valence electrons. The van der Waals surface area contributed by atoms with Crippen molar-refractivity contribution in [1.82, 2.24) is 10.2 Å². The van der Waals surface area contributed by atoms with Crippen LogP contribution in [0.3, 0.4) is 0 Å². The van der Waals surface area contributed by atoms with Gasteiger partial charge in [0.1, 0.15) is 5.51 Å². The molecule has 0 aliphatic rings. The summed E-state index contributed by atoms with van der Waals surface area (Å²) in [6.07, 6.45) is 0. The van der Waals surface area contributed by atoms with Crippen LogP contribution in [0.1, 0.15) is 20.8 Å². The molecule has 0 spiro atoms.